The van der Waals surface area contributed by atoms with Crippen molar-refractivity contribution in [2.75, 3.05) is 6.61 Å². The molecule has 0 aromatic heterocycles. The molecular weight excluding hydrogens is 821 g/mol. The minimum absolute atomic E-state index is 0.145. The molecule has 0 spiro atoms. The van der Waals surface area contributed by atoms with Gasteiger partial charge in [-0.15, -0.1) is 0 Å². The molecule has 6 aromatic rings. The van der Waals surface area contributed by atoms with Crippen LogP contribution in [0.25, 0.3) is 0 Å². The van der Waals surface area contributed by atoms with Gasteiger partial charge in [-0.25, -0.2) is 4.79 Å². The molecule has 8 rings (SSSR count). The van der Waals surface area contributed by atoms with Gasteiger partial charge in [-0.2, -0.15) is 0 Å². The Balaban J connectivity index is 1.18. The van der Waals surface area contributed by atoms with E-state index in [1.54, 1.807) is 24.3 Å². The van der Waals surface area contributed by atoms with E-state index in [4.69, 9.17) is 42.6 Å². The van der Waals surface area contributed by atoms with E-state index < -0.39 is 67.2 Å². The molecule has 2 aliphatic heterocycles. The Hall–Kier alpha value is -5.53. The van der Waals surface area contributed by atoms with Gasteiger partial charge in [0.2, 0.25) is 0 Å². The van der Waals surface area contributed by atoms with Gasteiger partial charge in [-0.05, 0) is 53.8 Å². The van der Waals surface area contributed by atoms with Crippen molar-refractivity contribution in [3.05, 3.63) is 215 Å². The van der Waals surface area contributed by atoms with Gasteiger partial charge in [-0.3, -0.25) is 0 Å². The maximum Gasteiger partial charge on any atom is 0.338 e. The zero-order valence-electron chi connectivity index (χ0n) is 36.9. The van der Waals surface area contributed by atoms with Gasteiger partial charge in [0.15, 0.2) is 12.4 Å². The van der Waals surface area contributed by atoms with Crippen LogP contribution in [0.3, 0.4) is 0 Å². The van der Waals surface area contributed by atoms with Gasteiger partial charge in [0.1, 0.15) is 36.6 Å². The van der Waals surface area contributed by atoms with Gasteiger partial charge in [0, 0.05) is 0 Å². The molecule has 5 unspecified atom stereocenters. The first-order valence-corrected chi connectivity index (χ1v) is 22.4. The molecule has 65 heavy (non-hydrogen) atoms. The smallest absolute Gasteiger partial charge is 0.338 e. The Morgan fingerprint density at radius 1 is 0.415 bits per heavy atom. The summed E-state index contributed by atoms with van der Waals surface area (Å²) < 4.78 is 61.3. The van der Waals surface area contributed by atoms with Crippen LogP contribution in [0.4, 0.5) is 0 Å². The maximum atomic E-state index is 13.9. The molecule has 0 aliphatic carbocycles. The van der Waals surface area contributed by atoms with Gasteiger partial charge in [0.25, 0.3) is 0 Å². The lowest BCUT2D eigenvalue weighted by Gasteiger charge is -2.49. The van der Waals surface area contributed by atoms with Crippen molar-refractivity contribution in [1.82, 2.24) is 0 Å². The van der Waals surface area contributed by atoms with E-state index >= 15 is 0 Å². The Morgan fingerprint density at radius 2 is 0.800 bits per heavy atom. The van der Waals surface area contributed by atoms with Crippen molar-refractivity contribution in [1.29, 1.82) is 0 Å². The highest BCUT2D eigenvalue weighted by molar-refractivity contribution is 5.89. The molecule has 10 atom stereocenters. The zero-order chi connectivity index (χ0) is 44.6. The summed E-state index contributed by atoms with van der Waals surface area (Å²) in [6.45, 7) is 5.36. The Morgan fingerprint density at radius 3 is 1.28 bits per heavy atom. The van der Waals surface area contributed by atoms with Gasteiger partial charge in [-0.1, -0.05) is 170 Å². The van der Waals surface area contributed by atoms with Crippen molar-refractivity contribution >= 4 is 5.97 Å². The minimum Gasteiger partial charge on any atom is -0.453 e. The molecule has 338 valence electrons. The summed E-state index contributed by atoms with van der Waals surface area (Å²) in [5, 5.41) is 0. The number of hydrogen-bond donors (Lipinski definition) is 0. The molecule has 0 amide bonds. The van der Waals surface area contributed by atoms with Crippen molar-refractivity contribution in [3.8, 4) is 0 Å². The fourth-order valence-electron chi connectivity index (χ4n) is 8.31. The van der Waals surface area contributed by atoms with Gasteiger partial charge >= 0.3 is 5.97 Å². The van der Waals surface area contributed by atoms with Crippen LogP contribution in [-0.4, -0.2) is 73.8 Å². The normalized spacial score (nSPS) is 25.4. The highest BCUT2D eigenvalue weighted by Gasteiger charge is 2.54. The number of hydrogen-bond acceptors (Lipinski definition) is 10. The van der Waals surface area contributed by atoms with Crippen molar-refractivity contribution < 1.29 is 47.4 Å². The topological polar surface area (TPSA) is 100 Å². The van der Waals surface area contributed by atoms with E-state index in [1.165, 1.54) is 0 Å². The molecule has 2 aliphatic rings. The second-order valence-electron chi connectivity index (χ2n) is 16.5. The second-order valence-corrected chi connectivity index (χ2v) is 16.5. The average Bonchev–Trinajstić information content (AvgIpc) is 3.35. The molecular formula is C55H58O10. The molecule has 10 heteroatoms. The predicted octanol–water partition coefficient (Wildman–Crippen LogP) is 9.69. The van der Waals surface area contributed by atoms with Gasteiger partial charge < -0.3 is 42.6 Å². The van der Waals surface area contributed by atoms with E-state index in [9.17, 15) is 4.79 Å². The second kappa shape index (κ2) is 23.6. The predicted molar refractivity (Wildman–Crippen MR) is 245 cm³/mol. The van der Waals surface area contributed by atoms with Crippen molar-refractivity contribution in [2.45, 2.75) is 108 Å². The quantitative estimate of drug-likeness (QED) is 0.0690. The lowest BCUT2D eigenvalue weighted by Crippen LogP contribution is -2.65. The molecule has 0 radical (unpaired) electrons. The van der Waals surface area contributed by atoms with Crippen LogP contribution in [0.1, 0.15) is 52.0 Å². The van der Waals surface area contributed by atoms with Crippen LogP contribution in [0, 0.1) is 0 Å². The number of carbonyl (C=O) groups is 1. The van der Waals surface area contributed by atoms with Crippen molar-refractivity contribution in [2.24, 2.45) is 0 Å². The lowest BCUT2D eigenvalue weighted by atomic mass is 9.94. The first kappa shape index (κ1) is 46.0. The summed E-state index contributed by atoms with van der Waals surface area (Å²) in [4.78, 5) is 13.9. The molecule has 2 saturated heterocycles. The lowest BCUT2D eigenvalue weighted by molar-refractivity contribution is -0.358. The standard InChI is InChI=1S/C55H58O10/c1-39-48(58-34-42-23-11-4-12-24-42)52(49(40(2)62-39)64-54(56)46-31-19-8-20-32-46)65-55-53(61-37-45-29-17-7-18-30-45)51(60-36-44-27-15-6-16-28-44)50(59-35-43-25-13-5-14-26-43)47(63-55)38-57-33-41-21-9-3-10-22-41/h3-32,39-40,47-53,55H,33-38H2,1-2H3/t39?,40?,47-,48+,49?,50-,51?,52-,53?,55-/m1/s1. The first-order chi connectivity index (χ1) is 32.0. The Bertz CT molecular complexity index is 2270. The fourth-order valence-corrected chi connectivity index (χ4v) is 8.31. The van der Waals surface area contributed by atoms with Crippen LogP contribution >= 0.6 is 0 Å². The summed E-state index contributed by atoms with van der Waals surface area (Å²) in [6.07, 6.45) is -7.63. The number of ether oxygens (including phenoxy) is 9. The van der Waals surface area contributed by atoms with E-state index in [0.717, 1.165) is 27.8 Å². The van der Waals surface area contributed by atoms with Crippen LogP contribution in [0.5, 0.6) is 0 Å². The molecule has 0 saturated carbocycles. The Kier molecular flexibility index (Phi) is 16.7. The molecule has 2 heterocycles. The number of carbonyl (C=O) groups excluding carboxylic acids is 1. The average molecular weight is 879 g/mol. The number of rotatable bonds is 20. The molecule has 6 aromatic carbocycles. The Labute approximate surface area is 382 Å². The maximum absolute atomic E-state index is 13.9. The highest BCUT2D eigenvalue weighted by Crippen LogP contribution is 2.36. The summed E-state index contributed by atoms with van der Waals surface area (Å²) in [6, 6.07) is 58.8. The third-order valence-corrected chi connectivity index (χ3v) is 11.7. The first-order valence-electron chi connectivity index (χ1n) is 22.4. The van der Waals surface area contributed by atoms with Crippen LogP contribution < -0.4 is 0 Å². The minimum atomic E-state index is -1.09. The zero-order valence-corrected chi connectivity index (χ0v) is 36.9. The van der Waals surface area contributed by atoms with E-state index in [2.05, 4.69) is 0 Å². The molecule has 0 bridgehead atoms. The van der Waals surface area contributed by atoms with E-state index in [0.29, 0.717) is 12.2 Å². The van der Waals surface area contributed by atoms with E-state index in [1.807, 2.05) is 172 Å². The number of esters is 1. The van der Waals surface area contributed by atoms with Crippen LogP contribution in [-0.2, 0) is 75.7 Å². The van der Waals surface area contributed by atoms with Crippen LogP contribution in [0.15, 0.2) is 182 Å². The van der Waals surface area contributed by atoms with E-state index in [-0.39, 0.29) is 33.0 Å². The molecule has 0 N–H and O–H groups in total. The summed E-state index contributed by atoms with van der Waals surface area (Å²) >= 11 is 0. The molecule has 2 fully saturated rings. The summed E-state index contributed by atoms with van der Waals surface area (Å²) in [5.74, 6) is -0.511. The van der Waals surface area contributed by atoms with Crippen molar-refractivity contribution in [3.63, 3.8) is 0 Å². The van der Waals surface area contributed by atoms with Gasteiger partial charge in [0.05, 0.1) is 57.4 Å². The monoisotopic (exact) mass is 878 g/mol. The summed E-state index contributed by atoms with van der Waals surface area (Å²) in [5.41, 5.74) is 5.31. The third-order valence-electron chi connectivity index (χ3n) is 11.7. The van der Waals surface area contributed by atoms with Crippen LogP contribution in [0.2, 0.25) is 0 Å². The molecule has 10 nitrogen and oxygen atoms in total. The highest BCUT2D eigenvalue weighted by atomic mass is 16.7. The summed E-state index contributed by atoms with van der Waals surface area (Å²) in [7, 11) is 0. The number of benzene rings is 6. The largest absolute Gasteiger partial charge is 0.453 e. The third kappa shape index (κ3) is 12.8. The SMILES string of the molecule is CC1OC(C)[C@H](OCc2ccccc2)[C@@H](O[C@H]2O[C@H](COCc3ccccc3)[C@@H](OCc3ccccc3)C(OCc3ccccc3)C2OCc2ccccc2)C1OC(=O)c1ccccc1. The fraction of sp³-hybridized carbons (Fsp3) is 0.327.